The maximum absolute atomic E-state index is 14.1. The highest BCUT2D eigenvalue weighted by Crippen LogP contribution is 2.46. The topological polar surface area (TPSA) is 135 Å². The Morgan fingerprint density at radius 2 is 1.90 bits per heavy atom. The van der Waals surface area contributed by atoms with E-state index in [4.69, 9.17) is 9.47 Å². The van der Waals surface area contributed by atoms with Gasteiger partial charge in [0.05, 0.1) is 43.3 Å². The third-order valence-electron chi connectivity index (χ3n) is 7.71. The average Bonchev–Trinajstić information content (AvgIpc) is 3.46. The van der Waals surface area contributed by atoms with Gasteiger partial charge in [-0.3, -0.25) is 24.7 Å². The Hall–Kier alpha value is -4.33. The molecule has 3 amide bonds. The van der Waals surface area contributed by atoms with E-state index in [2.05, 4.69) is 25.9 Å². The molecule has 2 aliphatic heterocycles. The van der Waals surface area contributed by atoms with E-state index in [1.165, 1.54) is 11.1 Å². The third kappa shape index (κ3) is 5.45. The summed E-state index contributed by atoms with van der Waals surface area (Å²) in [5.41, 5.74) is 2.14. The summed E-state index contributed by atoms with van der Waals surface area (Å²) in [7, 11) is 0. The number of hydrogen-bond acceptors (Lipinski definition) is 8. The molecule has 3 N–H and O–H groups in total. The van der Waals surface area contributed by atoms with E-state index in [1.807, 2.05) is 6.07 Å². The summed E-state index contributed by atoms with van der Waals surface area (Å²) in [6.45, 7) is -0.165. The number of anilines is 2. The van der Waals surface area contributed by atoms with Crippen molar-refractivity contribution in [3.05, 3.63) is 82.8 Å². The standard InChI is InChI=1S/C29H28F2N6O5/c30-19-6-17(7-20(31)9-19)24-13-32-16-42-5-4-41-15-26(39)37(24)14-25(38)35-21-8-18-10-29(11-23(18)34-12-21)22-2-1-3-33-27(22)36-28(29)40/h1-3,6-9,12,24,32H,4-5,10-11,13-16H2,(H,35,38)(H,33,36,40). The van der Waals surface area contributed by atoms with Crippen LogP contribution in [0.2, 0.25) is 0 Å². The minimum absolute atomic E-state index is 0.0722. The highest BCUT2D eigenvalue weighted by atomic mass is 19.1. The van der Waals surface area contributed by atoms with Crippen LogP contribution in [0.1, 0.15) is 28.4 Å². The average molecular weight is 579 g/mol. The van der Waals surface area contributed by atoms with Gasteiger partial charge in [-0.1, -0.05) is 6.07 Å². The Morgan fingerprint density at radius 1 is 1.10 bits per heavy atom. The SMILES string of the molecule is O=C(CN1C(=O)COCCOCNCC1c1cc(F)cc(F)c1)Nc1cnc2c(c1)CC1(C2)C(=O)Nc2ncccc21. The van der Waals surface area contributed by atoms with Gasteiger partial charge in [0.15, 0.2) is 0 Å². The summed E-state index contributed by atoms with van der Waals surface area (Å²) in [6, 6.07) is 7.54. The van der Waals surface area contributed by atoms with E-state index < -0.39 is 41.5 Å². The molecule has 218 valence electrons. The molecule has 13 heteroatoms. The van der Waals surface area contributed by atoms with E-state index in [-0.39, 0.29) is 44.6 Å². The molecule has 1 saturated heterocycles. The second-order valence-electron chi connectivity index (χ2n) is 10.5. The van der Waals surface area contributed by atoms with Gasteiger partial charge in [0.25, 0.3) is 0 Å². The lowest BCUT2D eigenvalue weighted by atomic mass is 9.80. The van der Waals surface area contributed by atoms with Crippen LogP contribution in [0, 0.1) is 11.6 Å². The summed E-state index contributed by atoms with van der Waals surface area (Å²) < 4.78 is 39.1. The van der Waals surface area contributed by atoms with Gasteiger partial charge >= 0.3 is 0 Å². The minimum Gasteiger partial charge on any atom is -0.369 e. The number of halogens is 2. The molecular weight excluding hydrogens is 550 g/mol. The number of fused-ring (bicyclic) bond motifs is 3. The first-order valence-corrected chi connectivity index (χ1v) is 13.5. The molecule has 1 aromatic carbocycles. The zero-order chi connectivity index (χ0) is 29.3. The van der Waals surface area contributed by atoms with Crippen molar-refractivity contribution in [3.63, 3.8) is 0 Å². The molecule has 3 aliphatic rings. The van der Waals surface area contributed by atoms with E-state index in [0.29, 0.717) is 24.3 Å². The molecule has 0 radical (unpaired) electrons. The summed E-state index contributed by atoms with van der Waals surface area (Å²) >= 11 is 0. The van der Waals surface area contributed by atoms with Crippen LogP contribution in [0.4, 0.5) is 20.3 Å². The Kier molecular flexibility index (Phi) is 7.62. The second-order valence-corrected chi connectivity index (χ2v) is 10.5. The quantitative estimate of drug-likeness (QED) is 0.427. The van der Waals surface area contributed by atoms with Gasteiger partial charge < -0.3 is 25.0 Å². The van der Waals surface area contributed by atoms with Gasteiger partial charge in [-0.25, -0.2) is 13.8 Å². The monoisotopic (exact) mass is 578 g/mol. The van der Waals surface area contributed by atoms with E-state index in [9.17, 15) is 23.2 Å². The van der Waals surface area contributed by atoms with Crippen molar-refractivity contribution in [1.29, 1.82) is 0 Å². The summed E-state index contributed by atoms with van der Waals surface area (Å²) in [6.07, 6.45) is 3.93. The number of aromatic nitrogens is 2. The molecule has 2 aromatic heterocycles. The van der Waals surface area contributed by atoms with Crippen molar-refractivity contribution >= 4 is 29.2 Å². The number of benzene rings is 1. The molecule has 2 unspecified atom stereocenters. The first kappa shape index (κ1) is 27.8. The largest absolute Gasteiger partial charge is 0.369 e. The van der Waals surface area contributed by atoms with E-state index in [1.54, 1.807) is 18.3 Å². The highest BCUT2D eigenvalue weighted by molar-refractivity contribution is 6.06. The number of nitrogens with zero attached hydrogens (tertiary/aromatic N) is 3. The van der Waals surface area contributed by atoms with Crippen molar-refractivity contribution in [2.75, 3.05) is 50.3 Å². The van der Waals surface area contributed by atoms with Crippen LogP contribution in [0.5, 0.6) is 0 Å². The number of hydrogen-bond donors (Lipinski definition) is 3. The van der Waals surface area contributed by atoms with Crippen LogP contribution in [0.3, 0.4) is 0 Å². The number of ether oxygens (including phenoxy) is 2. The van der Waals surface area contributed by atoms with Crippen LogP contribution < -0.4 is 16.0 Å². The second kappa shape index (κ2) is 11.5. The molecule has 1 fully saturated rings. The lowest BCUT2D eigenvalue weighted by molar-refractivity contribution is -0.141. The van der Waals surface area contributed by atoms with Crippen LogP contribution in [0.25, 0.3) is 0 Å². The first-order chi connectivity index (χ1) is 20.3. The van der Waals surface area contributed by atoms with Crippen molar-refractivity contribution in [2.45, 2.75) is 24.3 Å². The summed E-state index contributed by atoms with van der Waals surface area (Å²) in [5, 5.41) is 8.64. The molecule has 0 saturated carbocycles. The molecule has 4 heterocycles. The number of amides is 3. The Labute approximate surface area is 239 Å². The number of carbonyl (C=O) groups excluding carboxylic acids is 3. The van der Waals surface area contributed by atoms with Crippen molar-refractivity contribution in [2.24, 2.45) is 0 Å². The fourth-order valence-corrected chi connectivity index (χ4v) is 5.79. The van der Waals surface area contributed by atoms with Gasteiger partial charge in [0, 0.05) is 36.5 Å². The highest BCUT2D eigenvalue weighted by Gasteiger charge is 2.51. The molecular formula is C29H28F2N6O5. The molecule has 11 nitrogen and oxygen atoms in total. The number of rotatable bonds is 4. The molecule has 1 aliphatic carbocycles. The summed E-state index contributed by atoms with van der Waals surface area (Å²) in [5.74, 6) is -2.28. The molecule has 42 heavy (non-hydrogen) atoms. The smallest absolute Gasteiger partial charge is 0.249 e. The molecule has 0 bridgehead atoms. The van der Waals surface area contributed by atoms with Gasteiger partial charge in [-0.05, 0) is 41.8 Å². The number of pyridine rings is 2. The molecule has 2 atom stereocenters. The minimum atomic E-state index is -0.897. The Morgan fingerprint density at radius 3 is 2.74 bits per heavy atom. The predicted octanol–water partition coefficient (Wildman–Crippen LogP) is 1.85. The van der Waals surface area contributed by atoms with Crippen molar-refractivity contribution in [3.8, 4) is 0 Å². The van der Waals surface area contributed by atoms with Gasteiger partial charge in [-0.15, -0.1) is 0 Å². The number of carbonyl (C=O) groups is 3. The molecule has 6 rings (SSSR count). The fourth-order valence-electron chi connectivity index (χ4n) is 5.79. The van der Waals surface area contributed by atoms with Gasteiger partial charge in [-0.2, -0.15) is 0 Å². The van der Waals surface area contributed by atoms with E-state index >= 15 is 0 Å². The Balaban J connectivity index is 1.22. The van der Waals surface area contributed by atoms with Gasteiger partial charge in [0.2, 0.25) is 17.7 Å². The van der Waals surface area contributed by atoms with Crippen molar-refractivity contribution in [1.82, 2.24) is 20.2 Å². The number of nitrogens with one attached hydrogen (secondary N) is 3. The third-order valence-corrected chi connectivity index (χ3v) is 7.71. The zero-order valence-electron chi connectivity index (χ0n) is 22.5. The first-order valence-electron chi connectivity index (χ1n) is 13.5. The van der Waals surface area contributed by atoms with Crippen LogP contribution in [-0.4, -0.2) is 72.2 Å². The summed E-state index contributed by atoms with van der Waals surface area (Å²) in [4.78, 5) is 49.5. The molecule has 1 spiro atoms. The van der Waals surface area contributed by atoms with Crippen LogP contribution >= 0.6 is 0 Å². The molecule has 3 aromatic rings. The lowest BCUT2D eigenvalue weighted by Gasteiger charge is -2.32. The van der Waals surface area contributed by atoms with Gasteiger partial charge in [0.1, 0.15) is 30.6 Å². The predicted molar refractivity (Wildman–Crippen MR) is 145 cm³/mol. The fraction of sp³-hybridized carbons (Fsp3) is 0.345. The van der Waals surface area contributed by atoms with E-state index in [0.717, 1.165) is 35.0 Å². The van der Waals surface area contributed by atoms with Crippen molar-refractivity contribution < 1.29 is 32.6 Å². The normalized spacial score (nSPS) is 22.3. The lowest BCUT2D eigenvalue weighted by Crippen LogP contribution is -2.45. The maximum Gasteiger partial charge on any atom is 0.249 e. The Bertz CT molecular complexity index is 1530. The zero-order valence-corrected chi connectivity index (χ0v) is 22.5. The van der Waals surface area contributed by atoms with Crippen LogP contribution in [-0.2, 0) is 42.1 Å². The maximum atomic E-state index is 14.1. The van der Waals surface area contributed by atoms with Crippen LogP contribution in [0.15, 0.2) is 48.8 Å².